The molecule has 0 radical (unpaired) electrons. The Balaban J connectivity index is 1.57. The molecule has 2 amide bonds. The van der Waals surface area contributed by atoms with Crippen LogP contribution in [0.15, 0.2) is 30.3 Å². The maximum absolute atomic E-state index is 12.9. The predicted octanol–water partition coefficient (Wildman–Crippen LogP) is 2.28. The SMILES string of the molecule is Cc1cc(C)n(-c2ccc(C(=O)N3CCC(=O)N4CCCC43)cc2)n1. The number of carbonyl (C=O) groups is 2. The Morgan fingerprint density at radius 3 is 2.60 bits per heavy atom. The molecule has 2 aromatic rings. The van der Waals surface area contributed by atoms with Gasteiger partial charge in [0.05, 0.1) is 11.4 Å². The van der Waals surface area contributed by atoms with E-state index >= 15 is 0 Å². The van der Waals surface area contributed by atoms with Gasteiger partial charge in [-0.15, -0.1) is 0 Å². The Morgan fingerprint density at radius 2 is 1.92 bits per heavy atom. The lowest BCUT2D eigenvalue weighted by atomic mass is 10.1. The van der Waals surface area contributed by atoms with Gasteiger partial charge in [-0.25, -0.2) is 4.68 Å². The molecule has 2 fully saturated rings. The van der Waals surface area contributed by atoms with Crippen molar-refractivity contribution in [1.29, 1.82) is 0 Å². The molecule has 0 N–H and O–H groups in total. The van der Waals surface area contributed by atoms with Crippen molar-refractivity contribution in [3.63, 3.8) is 0 Å². The quantitative estimate of drug-likeness (QED) is 0.844. The summed E-state index contributed by atoms with van der Waals surface area (Å²) in [4.78, 5) is 28.6. The molecule has 4 rings (SSSR count). The van der Waals surface area contributed by atoms with E-state index in [1.54, 1.807) is 0 Å². The van der Waals surface area contributed by atoms with Gasteiger partial charge in [-0.2, -0.15) is 5.10 Å². The van der Waals surface area contributed by atoms with Crippen LogP contribution in [0.5, 0.6) is 0 Å². The first-order valence-electron chi connectivity index (χ1n) is 8.79. The smallest absolute Gasteiger partial charge is 0.255 e. The largest absolute Gasteiger partial charge is 0.322 e. The van der Waals surface area contributed by atoms with Crippen molar-refractivity contribution in [2.45, 2.75) is 39.3 Å². The fourth-order valence-corrected chi connectivity index (χ4v) is 3.91. The zero-order valence-electron chi connectivity index (χ0n) is 14.6. The maximum Gasteiger partial charge on any atom is 0.255 e. The topological polar surface area (TPSA) is 58.4 Å². The van der Waals surface area contributed by atoms with Gasteiger partial charge in [-0.3, -0.25) is 9.59 Å². The Kier molecular flexibility index (Phi) is 3.82. The molecule has 1 atom stereocenters. The third-order valence-electron chi connectivity index (χ3n) is 5.10. The third-order valence-corrected chi connectivity index (χ3v) is 5.10. The number of carbonyl (C=O) groups excluding carboxylic acids is 2. The molecule has 2 aliphatic rings. The maximum atomic E-state index is 12.9. The second-order valence-corrected chi connectivity index (χ2v) is 6.84. The molecule has 0 spiro atoms. The molecule has 2 saturated heterocycles. The van der Waals surface area contributed by atoms with E-state index < -0.39 is 0 Å². The average Bonchev–Trinajstić information content (AvgIpc) is 3.22. The summed E-state index contributed by atoms with van der Waals surface area (Å²) in [5.74, 6) is 0.177. The number of amides is 2. The molecule has 0 bridgehead atoms. The Morgan fingerprint density at radius 1 is 1.16 bits per heavy atom. The minimum absolute atomic E-state index is 0.00400. The molecule has 6 heteroatoms. The van der Waals surface area contributed by atoms with Gasteiger partial charge in [-0.05, 0) is 57.0 Å². The second-order valence-electron chi connectivity index (χ2n) is 6.84. The van der Waals surface area contributed by atoms with Crippen LogP contribution in [0.25, 0.3) is 5.69 Å². The van der Waals surface area contributed by atoms with E-state index in [0.29, 0.717) is 18.5 Å². The van der Waals surface area contributed by atoms with Crippen LogP contribution in [0.2, 0.25) is 0 Å². The minimum Gasteiger partial charge on any atom is -0.322 e. The fourth-order valence-electron chi connectivity index (χ4n) is 3.91. The van der Waals surface area contributed by atoms with Crippen LogP contribution in [0.3, 0.4) is 0 Å². The zero-order valence-corrected chi connectivity index (χ0v) is 14.6. The van der Waals surface area contributed by atoms with Crippen LogP contribution in [0, 0.1) is 13.8 Å². The second kappa shape index (κ2) is 6.02. The zero-order chi connectivity index (χ0) is 17.6. The molecular formula is C19H22N4O2. The van der Waals surface area contributed by atoms with Crippen molar-refractivity contribution in [2.24, 2.45) is 0 Å². The van der Waals surface area contributed by atoms with Gasteiger partial charge in [0.1, 0.15) is 6.17 Å². The van der Waals surface area contributed by atoms with Gasteiger partial charge >= 0.3 is 0 Å². The van der Waals surface area contributed by atoms with Crippen molar-refractivity contribution in [3.05, 3.63) is 47.3 Å². The highest BCUT2D eigenvalue weighted by Gasteiger charge is 2.39. The van der Waals surface area contributed by atoms with Gasteiger partial charge in [0.15, 0.2) is 0 Å². The van der Waals surface area contributed by atoms with Gasteiger partial charge < -0.3 is 9.80 Å². The van der Waals surface area contributed by atoms with Crippen LogP contribution in [-0.2, 0) is 4.79 Å². The van der Waals surface area contributed by atoms with Crippen molar-refractivity contribution in [1.82, 2.24) is 19.6 Å². The number of aromatic nitrogens is 2. The van der Waals surface area contributed by atoms with Gasteiger partial charge in [0.2, 0.25) is 5.91 Å². The van der Waals surface area contributed by atoms with E-state index in [-0.39, 0.29) is 18.0 Å². The van der Waals surface area contributed by atoms with Crippen LogP contribution in [-0.4, -0.2) is 50.6 Å². The van der Waals surface area contributed by atoms with Gasteiger partial charge in [-0.1, -0.05) is 0 Å². The van der Waals surface area contributed by atoms with Crippen LogP contribution in [0.1, 0.15) is 41.0 Å². The van der Waals surface area contributed by atoms with Crippen molar-refractivity contribution in [2.75, 3.05) is 13.1 Å². The van der Waals surface area contributed by atoms with E-state index in [2.05, 4.69) is 5.10 Å². The number of rotatable bonds is 2. The van der Waals surface area contributed by atoms with Crippen molar-refractivity contribution in [3.8, 4) is 5.69 Å². The minimum atomic E-state index is -0.0653. The molecule has 6 nitrogen and oxygen atoms in total. The summed E-state index contributed by atoms with van der Waals surface area (Å²) in [5, 5.41) is 4.47. The molecular weight excluding hydrogens is 316 g/mol. The normalized spacial score (nSPS) is 20.1. The molecule has 1 aromatic carbocycles. The van der Waals surface area contributed by atoms with Crippen LogP contribution >= 0.6 is 0 Å². The Bertz CT molecular complexity index is 824. The molecule has 2 aliphatic heterocycles. The van der Waals surface area contributed by atoms with E-state index in [0.717, 1.165) is 36.5 Å². The van der Waals surface area contributed by atoms with E-state index in [1.807, 2.05) is 58.7 Å². The van der Waals surface area contributed by atoms with Crippen LogP contribution < -0.4 is 0 Å². The lowest BCUT2D eigenvalue weighted by molar-refractivity contribution is -0.139. The van der Waals surface area contributed by atoms with E-state index in [1.165, 1.54) is 0 Å². The Hall–Kier alpha value is -2.63. The first-order valence-corrected chi connectivity index (χ1v) is 8.79. The molecule has 1 aromatic heterocycles. The van der Waals surface area contributed by atoms with E-state index in [4.69, 9.17) is 0 Å². The molecule has 0 saturated carbocycles. The molecule has 130 valence electrons. The average molecular weight is 338 g/mol. The van der Waals surface area contributed by atoms with Gasteiger partial charge in [0.25, 0.3) is 5.91 Å². The van der Waals surface area contributed by atoms with Crippen molar-refractivity contribution >= 4 is 11.8 Å². The monoisotopic (exact) mass is 338 g/mol. The summed E-state index contributed by atoms with van der Waals surface area (Å²) in [6, 6.07) is 9.58. The van der Waals surface area contributed by atoms with E-state index in [9.17, 15) is 9.59 Å². The van der Waals surface area contributed by atoms with Crippen molar-refractivity contribution < 1.29 is 9.59 Å². The number of hydrogen-bond donors (Lipinski definition) is 0. The highest BCUT2D eigenvalue weighted by molar-refractivity contribution is 5.95. The lowest BCUT2D eigenvalue weighted by Gasteiger charge is -2.39. The first kappa shape index (κ1) is 15.9. The molecule has 25 heavy (non-hydrogen) atoms. The highest BCUT2D eigenvalue weighted by atomic mass is 16.2. The number of fused-ring (bicyclic) bond motifs is 1. The number of hydrogen-bond acceptors (Lipinski definition) is 3. The summed E-state index contributed by atoms with van der Waals surface area (Å²) < 4.78 is 1.88. The highest BCUT2D eigenvalue weighted by Crippen LogP contribution is 2.27. The summed E-state index contributed by atoms with van der Waals surface area (Å²) >= 11 is 0. The first-order chi connectivity index (χ1) is 12.0. The van der Waals surface area contributed by atoms with Gasteiger partial charge in [0, 0.05) is 30.8 Å². The number of aryl methyl sites for hydroxylation is 2. The lowest BCUT2D eigenvalue weighted by Crippen LogP contribution is -2.55. The summed E-state index contributed by atoms with van der Waals surface area (Å²) in [7, 11) is 0. The summed E-state index contributed by atoms with van der Waals surface area (Å²) in [5.41, 5.74) is 3.63. The Labute approximate surface area is 147 Å². The molecule has 0 aliphatic carbocycles. The molecule has 3 heterocycles. The number of nitrogens with zero attached hydrogens (tertiary/aromatic N) is 4. The standard InChI is InChI=1S/C19H22N4O2/c1-13-12-14(2)23(20-13)16-7-5-15(6-8-16)19(25)22-11-9-18(24)21-10-3-4-17(21)22/h5-8,12,17H,3-4,9-11H2,1-2H3. The molecule has 1 unspecified atom stereocenters. The fraction of sp³-hybridized carbons (Fsp3) is 0.421. The third kappa shape index (κ3) is 2.71. The van der Waals surface area contributed by atoms with Crippen LogP contribution in [0.4, 0.5) is 0 Å². The summed E-state index contributed by atoms with van der Waals surface area (Å²) in [6.45, 7) is 5.26. The predicted molar refractivity (Wildman–Crippen MR) is 93.4 cm³/mol. The number of benzene rings is 1. The summed E-state index contributed by atoms with van der Waals surface area (Å²) in [6.07, 6.45) is 2.20.